The molecule has 2 rings (SSSR count). The van der Waals surface area contributed by atoms with E-state index in [9.17, 15) is 0 Å². The van der Waals surface area contributed by atoms with Gasteiger partial charge in [0.15, 0.2) is 0 Å². The number of nitrogens with one attached hydrogen (secondary N) is 1. The van der Waals surface area contributed by atoms with Crippen molar-refractivity contribution in [3.8, 4) is 0 Å². The molecule has 1 aromatic carbocycles. The first kappa shape index (κ1) is 16.5. The Bertz CT molecular complexity index is 441. The molecule has 2 atom stereocenters. The van der Waals surface area contributed by atoms with Crippen LogP contribution in [0.25, 0.3) is 0 Å². The Balaban J connectivity index is 2.06. The Hall–Kier alpha value is -0.860. The summed E-state index contributed by atoms with van der Waals surface area (Å²) in [7, 11) is 1.82. The number of methoxy groups -OCH3 is 1. The van der Waals surface area contributed by atoms with Gasteiger partial charge in [-0.15, -0.1) is 0 Å². The molecule has 2 unspecified atom stereocenters. The van der Waals surface area contributed by atoms with E-state index in [1.807, 2.05) is 7.11 Å². The van der Waals surface area contributed by atoms with Gasteiger partial charge in [-0.2, -0.15) is 0 Å². The minimum absolute atomic E-state index is 0.0235. The summed E-state index contributed by atoms with van der Waals surface area (Å²) in [5.41, 5.74) is 3.10. The van der Waals surface area contributed by atoms with Gasteiger partial charge in [-0.1, -0.05) is 31.2 Å². The number of benzene rings is 1. The molecule has 1 aromatic rings. The van der Waals surface area contributed by atoms with Crippen LogP contribution < -0.4 is 5.32 Å². The summed E-state index contributed by atoms with van der Waals surface area (Å²) in [6.07, 6.45) is 5.99. The van der Waals surface area contributed by atoms with Crippen molar-refractivity contribution in [1.82, 2.24) is 5.32 Å². The van der Waals surface area contributed by atoms with Crippen LogP contribution in [0.3, 0.4) is 0 Å². The second-order valence-electron chi connectivity index (χ2n) is 6.91. The van der Waals surface area contributed by atoms with Gasteiger partial charge in [-0.25, -0.2) is 0 Å². The molecular weight excluding hydrogens is 258 g/mol. The average molecular weight is 289 g/mol. The molecule has 0 amide bonds. The molecule has 0 aliphatic heterocycles. The first-order valence-corrected chi connectivity index (χ1v) is 8.43. The second kappa shape index (κ2) is 7.42. The Morgan fingerprint density at radius 1 is 1.33 bits per heavy atom. The van der Waals surface area contributed by atoms with Crippen molar-refractivity contribution in [2.75, 3.05) is 13.7 Å². The van der Waals surface area contributed by atoms with Crippen molar-refractivity contribution in [3.63, 3.8) is 0 Å². The van der Waals surface area contributed by atoms with E-state index in [0.29, 0.717) is 12.0 Å². The zero-order valence-electron chi connectivity index (χ0n) is 14.1. The molecule has 1 aliphatic rings. The zero-order chi connectivity index (χ0) is 15.3. The fourth-order valence-corrected chi connectivity index (χ4v) is 3.39. The van der Waals surface area contributed by atoms with E-state index in [-0.39, 0.29) is 5.60 Å². The minimum atomic E-state index is -0.0235. The Morgan fingerprint density at radius 2 is 2.10 bits per heavy atom. The fourth-order valence-electron chi connectivity index (χ4n) is 3.39. The first-order valence-electron chi connectivity index (χ1n) is 8.43. The molecule has 0 bridgehead atoms. The quantitative estimate of drug-likeness (QED) is 0.771. The van der Waals surface area contributed by atoms with E-state index in [4.69, 9.17) is 4.74 Å². The summed E-state index contributed by atoms with van der Waals surface area (Å²) in [6, 6.07) is 9.56. The van der Waals surface area contributed by atoms with Crippen molar-refractivity contribution in [3.05, 3.63) is 35.4 Å². The number of aryl methyl sites for hydroxylation is 1. The number of hydrogen-bond acceptors (Lipinski definition) is 2. The molecule has 0 radical (unpaired) electrons. The van der Waals surface area contributed by atoms with Crippen molar-refractivity contribution in [1.29, 1.82) is 0 Å². The van der Waals surface area contributed by atoms with Crippen molar-refractivity contribution in [2.45, 2.75) is 70.4 Å². The fraction of sp³-hybridized carbons (Fsp3) is 0.684. The van der Waals surface area contributed by atoms with Gasteiger partial charge in [-0.05, 0) is 69.5 Å². The van der Waals surface area contributed by atoms with E-state index in [0.717, 1.165) is 13.0 Å². The summed E-state index contributed by atoms with van der Waals surface area (Å²) < 4.78 is 5.60. The Labute approximate surface area is 130 Å². The van der Waals surface area contributed by atoms with Gasteiger partial charge in [0.1, 0.15) is 0 Å². The summed E-state index contributed by atoms with van der Waals surface area (Å²) in [5, 5.41) is 3.79. The molecule has 0 aromatic heterocycles. The van der Waals surface area contributed by atoms with Gasteiger partial charge >= 0.3 is 0 Å². The van der Waals surface area contributed by atoms with Crippen LogP contribution in [-0.4, -0.2) is 25.3 Å². The predicted molar refractivity (Wildman–Crippen MR) is 89.9 cm³/mol. The summed E-state index contributed by atoms with van der Waals surface area (Å²) in [6.45, 7) is 7.72. The third kappa shape index (κ3) is 4.31. The number of ether oxygens (including phenoxy) is 1. The highest BCUT2D eigenvalue weighted by Gasteiger charge is 2.30. The monoisotopic (exact) mass is 289 g/mol. The lowest BCUT2D eigenvalue weighted by atomic mass is 9.87. The van der Waals surface area contributed by atoms with Crippen LogP contribution in [0.2, 0.25) is 0 Å². The highest BCUT2D eigenvalue weighted by Crippen LogP contribution is 2.37. The third-order valence-electron chi connectivity index (χ3n) is 4.93. The Morgan fingerprint density at radius 3 is 2.81 bits per heavy atom. The van der Waals surface area contributed by atoms with Crippen LogP contribution in [0.1, 0.15) is 63.5 Å². The van der Waals surface area contributed by atoms with Crippen molar-refractivity contribution < 1.29 is 4.74 Å². The van der Waals surface area contributed by atoms with E-state index in [1.54, 1.807) is 11.1 Å². The van der Waals surface area contributed by atoms with E-state index in [1.165, 1.54) is 25.7 Å². The number of rotatable bonds is 8. The van der Waals surface area contributed by atoms with E-state index in [2.05, 4.69) is 50.4 Å². The van der Waals surface area contributed by atoms with E-state index >= 15 is 0 Å². The molecule has 1 aliphatic carbocycles. The molecule has 0 heterocycles. The van der Waals surface area contributed by atoms with Crippen molar-refractivity contribution in [2.24, 2.45) is 0 Å². The molecule has 0 saturated heterocycles. The maximum Gasteiger partial charge on any atom is 0.0623 e. The smallest absolute Gasteiger partial charge is 0.0623 e. The van der Waals surface area contributed by atoms with E-state index < -0.39 is 0 Å². The molecule has 0 spiro atoms. The summed E-state index contributed by atoms with van der Waals surface area (Å²) in [5.74, 6) is 0.667. The lowest BCUT2D eigenvalue weighted by Gasteiger charge is -2.30. The zero-order valence-corrected chi connectivity index (χ0v) is 14.1. The molecule has 21 heavy (non-hydrogen) atoms. The van der Waals surface area contributed by atoms with Crippen LogP contribution in [0.4, 0.5) is 0 Å². The maximum absolute atomic E-state index is 5.60. The largest absolute Gasteiger partial charge is 0.379 e. The van der Waals surface area contributed by atoms with Gasteiger partial charge in [-0.3, -0.25) is 0 Å². The Kier molecular flexibility index (Phi) is 5.83. The van der Waals surface area contributed by atoms with Crippen LogP contribution in [0, 0.1) is 0 Å². The number of fused-ring (bicyclic) bond motifs is 1. The summed E-state index contributed by atoms with van der Waals surface area (Å²) >= 11 is 0. The molecule has 0 fully saturated rings. The molecule has 118 valence electrons. The lowest BCUT2D eigenvalue weighted by molar-refractivity contribution is 0.0111. The minimum Gasteiger partial charge on any atom is -0.379 e. The summed E-state index contributed by atoms with van der Waals surface area (Å²) in [4.78, 5) is 0. The van der Waals surface area contributed by atoms with Crippen LogP contribution in [0.5, 0.6) is 0 Å². The lowest BCUT2D eigenvalue weighted by Crippen LogP contribution is -2.37. The third-order valence-corrected chi connectivity index (χ3v) is 4.93. The SMILES string of the molecule is CCCNC(CCC(C)(C)OC)C1CCc2ccccc21. The highest BCUT2D eigenvalue weighted by molar-refractivity contribution is 5.36. The second-order valence-corrected chi connectivity index (χ2v) is 6.91. The average Bonchev–Trinajstić information content (AvgIpc) is 2.91. The van der Waals surface area contributed by atoms with Gasteiger partial charge in [0.05, 0.1) is 5.60 Å². The predicted octanol–water partition coefficient (Wildman–Crippen LogP) is 4.29. The van der Waals surface area contributed by atoms with Crippen LogP contribution in [0.15, 0.2) is 24.3 Å². The maximum atomic E-state index is 5.60. The van der Waals surface area contributed by atoms with Gasteiger partial charge in [0.2, 0.25) is 0 Å². The van der Waals surface area contributed by atoms with Gasteiger partial charge in [0.25, 0.3) is 0 Å². The van der Waals surface area contributed by atoms with Gasteiger partial charge < -0.3 is 10.1 Å². The normalized spacial score (nSPS) is 19.5. The molecule has 0 saturated carbocycles. The topological polar surface area (TPSA) is 21.3 Å². The van der Waals surface area contributed by atoms with Gasteiger partial charge in [0, 0.05) is 13.2 Å². The highest BCUT2D eigenvalue weighted by atomic mass is 16.5. The van der Waals surface area contributed by atoms with Crippen LogP contribution in [-0.2, 0) is 11.2 Å². The number of hydrogen-bond donors (Lipinski definition) is 1. The van der Waals surface area contributed by atoms with Crippen LogP contribution >= 0.6 is 0 Å². The first-order chi connectivity index (χ1) is 10.1. The molecule has 1 N–H and O–H groups in total. The van der Waals surface area contributed by atoms with Crippen molar-refractivity contribution >= 4 is 0 Å². The molecular formula is C19H31NO. The standard InChI is InChI=1S/C19H31NO/c1-5-14-20-18(12-13-19(2,3)21-4)17-11-10-15-8-6-7-9-16(15)17/h6-9,17-18,20H,5,10-14H2,1-4H3. The molecule has 2 heteroatoms. The molecule has 2 nitrogen and oxygen atoms in total.